The van der Waals surface area contributed by atoms with Crippen LogP contribution in [-0.2, 0) is 6.18 Å². The van der Waals surface area contributed by atoms with E-state index in [0.29, 0.717) is 11.8 Å². The fraction of sp³-hybridized carbons (Fsp3) is 0.167. The van der Waals surface area contributed by atoms with Gasteiger partial charge >= 0.3 is 12.2 Å². The van der Waals surface area contributed by atoms with Crippen LogP contribution in [0.25, 0.3) is 0 Å². The Morgan fingerprint density at radius 2 is 2.10 bits per heavy atom. The summed E-state index contributed by atoms with van der Waals surface area (Å²) in [5, 5.41) is 2.25. The first kappa shape index (κ1) is 14.9. The van der Waals surface area contributed by atoms with E-state index < -0.39 is 17.6 Å². The van der Waals surface area contributed by atoms with Gasteiger partial charge in [-0.3, -0.25) is 16.0 Å². The largest absolute Gasteiger partial charge is 0.432 e. The van der Waals surface area contributed by atoms with Gasteiger partial charge in [0.25, 0.3) is 5.91 Å². The number of nitrogens with one attached hydrogen (secondary N) is 2. The number of halogens is 3. The summed E-state index contributed by atoms with van der Waals surface area (Å²) < 4.78 is 43.0. The van der Waals surface area contributed by atoms with E-state index in [1.807, 2.05) is 0 Å². The van der Waals surface area contributed by atoms with E-state index in [0.717, 1.165) is 12.1 Å². The molecule has 0 atom stereocenters. The quantitative estimate of drug-likeness (QED) is 0.598. The van der Waals surface area contributed by atoms with Crippen molar-refractivity contribution in [3.05, 3.63) is 41.3 Å². The summed E-state index contributed by atoms with van der Waals surface area (Å²) in [5.41, 5.74) is 1.49. The lowest BCUT2D eigenvalue weighted by atomic mass is 10.1. The molecule has 21 heavy (non-hydrogen) atoms. The molecule has 2 aromatic rings. The lowest BCUT2D eigenvalue weighted by molar-refractivity contribution is -0.137. The number of hydrazine groups is 1. The fourth-order valence-electron chi connectivity index (χ4n) is 1.61. The van der Waals surface area contributed by atoms with Crippen LogP contribution >= 0.6 is 0 Å². The zero-order chi connectivity index (χ0) is 15.6. The molecule has 6 nitrogen and oxygen atoms in total. The number of aryl methyl sites for hydroxylation is 1. The van der Waals surface area contributed by atoms with Crippen LogP contribution in [0, 0.1) is 6.92 Å². The second-order valence-corrected chi connectivity index (χ2v) is 4.15. The molecule has 0 aliphatic heterocycles. The molecule has 0 radical (unpaired) electrons. The molecule has 0 saturated heterocycles. The van der Waals surface area contributed by atoms with Crippen LogP contribution in [0.2, 0.25) is 0 Å². The van der Waals surface area contributed by atoms with E-state index in [4.69, 9.17) is 10.3 Å². The Morgan fingerprint density at radius 3 is 2.62 bits per heavy atom. The number of nitrogen functional groups attached to an aromatic ring is 1. The predicted octanol–water partition coefficient (Wildman–Crippen LogP) is 2.54. The summed E-state index contributed by atoms with van der Waals surface area (Å²) in [6, 6.07) is 2.47. The van der Waals surface area contributed by atoms with Gasteiger partial charge in [-0.25, -0.2) is 0 Å². The number of benzene rings is 1. The molecule has 2 rings (SSSR count). The van der Waals surface area contributed by atoms with Crippen LogP contribution in [0.3, 0.4) is 0 Å². The van der Waals surface area contributed by atoms with Gasteiger partial charge in [0.15, 0.2) is 0 Å². The van der Waals surface area contributed by atoms with Crippen LogP contribution in [0.15, 0.2) is 28.9 Å². The van der Waals surface area contributed by atoms with Crippen molar-refractivity contribution >= 4 is 17.6 Å². The van der Waals surface area contributed by atoms with Gasteiger partial charge in [-0.2, -0.15) is 18.2 Å². The average molecular weight is 300 g/mol. The molecule has 0 fully saturated rings. The Hall–Kier alpha value is -2.55. The van der Waals surface area contributed by atoms with Crippen LogP contribution in [0.5, 0.6) is 0 Å². The molecule has 0 aliphatic rings. The summed E-state index contributed by atoms with van der Waals surface area (Å²) in [4.78, 5) is 15.8. The van der Waals surface area contributed by atoms with Gasteiger partial charge in [0.05, 0.1) is 22.5 Å². The Morgan fingerprint density at radius 1 is 1.38 bits per heavy atom. The van der Waals surface area contributed by atoms with E-state index in [1.165, 1.54) is 6.26 Å². The summed E-state index contributed by atoms with van der Waals surface area (Å²) >= 11 is 0. The lowest BCUT2D eigenvalue weighted by Gasteiger charge is -2.12. The van der Waals surface area contributed by atoms with Gasteiger partial charge in [0.1, 0.15) is 6.26 Å². The highest BCUT2D eigenvalue weighted by Crippen LogP contribution is 2.31. The maximum absolute atomic E-state index is 12.7. The van der Waals surface area contributed by atoms with Gasteiger partial charge in [-0.1, -0.05) is 0 Å². The summed E-state index contributed by atoms with van der Waals surface area (Å²) in [6.07, 6.45) is -3.27. The molecule has 1 heterocycles. The normalized spacial score (nSPS) is 11.3. The molecule has 0 bridgehead atoms. The van der Waals surface area contributed by atoms with E-state index in [9.17, 15) is 18.0 Å². The smallest absolute Gasteiger partial charge is 0.416 e. The molecule has 4 N–H and O–H groups in total. The lowest BCUT2D eigenvalue weighted by Crippen LogP contribution is -2.19. The van der Waals surface area contributed by atoms with E-state index >= 15 is 0 Å². The molecule has 1 amide bonds. The molecule has 1 aromatic heterocycles. The summed E-state index contributed by atoms with van der Waals surface area (Å²) in [6.45, 7) is 1.64. The summed E-state index contributed by atoms with van der Waals surface area (Å²) in [5.74, 6) is 4.37. The molecule has 0 spiro atoms. The van der Waals surface area contributed by atoms with Crippen molar-refractivity contribution in [2.75, 3.05) is 10.7 Å². The van der Waals surface area contributed by atoms with E-state index in [-0.39, 0.29) is 17.3 Å². The number of rotatable bonds is 3. The third-order valence-corrected chi connectivity index (χ3v) is 2.59. The van der Waals surface area contributed by atoms with Gasteiger partial charge in [0, 0.05) is 0 Å². The first-order valence-corrected chi connectivity index (χ1v) is 5.72. The third-order valence-electron chi connectivity index (χ3n) is 2.59. The minimum atomic E-state index is -4.57. The van der Waals surface area contributed by atoms with Crippen molar-refractivity contribution in [3.8, 4) is 0 Å². The Labute approximate surface area is 117 Å². The number of hydrogen-bond acceptors (Lipinski definition) is 5. The minimum Gasteiger partial charge on any atom is -0.432 e. The second-order valence-electron chi connectivity index (χ2n) is 4.15. The molecule has 112 valence electrons. The zero-order valence-corrected chi connectivity index (χ0v) is 10.8. The molecule has 0 aliphatic carbocycles. The molecule has 1 aromatic carbocycles. The maximum atomic E-state index is 12.7. The Balaban J connectivity index is 2.34. The van der Waals surface area contributed by atoms with Crippen LogP contribution in [0.4, 0.5) is 24.9 Å². The van der Waals surface area contributed by atoms with Crippen LogP contribution < -0.4 is 16.6 Å². The van der Waals surface area contributed by atoms with Crippen LogP contribution in [-0.4, -0.2) is 10.9 Å². The average Bonchev–Trinajstić information content (AvgIpc) is 2.82. The molecular weight excluding hydrogens is 289 g/mol. The monoisotopic (exact) mass is 300 g/mol. The number of hydrogen-bond donors (Lipinski definition) is 3. The highest BCUT2D eigenvalue weighted by molar-refractivity contribution is 6.07. The number of nitrogens with zero attached hydrogens (tertiary/aromatic N) is 1. The van der Waals surface area contributed by atoms with E-state index in [2.05, 4.69) is 15.7 Å². The predicted molar refractivity (Wildman–Crippen MR) is 68.4 cm³/mol. The fourth-order valence-corrected chi connectivity index (χ4v) is 1.61. The molecule has 0 saturated carbocycles. The number of oxazole rings is 1. The van der Waals surface area contributed by atoms with Crippen molar-refractivity contribution in [2.24, 2.45) is 5.84 Å². The first-order valence-electron chi connectivity index (χ1n) is 5.72. The van der Waals surface area contributed by atoms with E-state index in [1.54, 1.807) is 6.92 Å². The van der Waals surface area contributed by atoms with Crippen LogP contribution in [0.1, 0.15) is 21.6 Å². The van der Waals surface area contributed by atoms with Crippen molar-refractivity contribution < 1.29 is 22.4 Å². The number of amides is 1. The van der Waals surface area contributed by atoms with Crippen molar-refractivity contribution in [1.29, 1.82) is 0 Å². The highest BCUT2D eigenvalue weighted by atomic mass is 19.4. The highest BCUT2D eigenvalue weighted by Gasteiger charge is 2.31. The number of nitrogens with two attached hydrogens (primary N) is 1. The van der Waals surface area contributed by atoms with Crippen molar-refractivity contribution in [2.45, 2.75) is 13.1 Å². The van der Waals surface area contributed by atoms with Gasteiger partial charge in [0.2, 0.25) is 0 Å². The molecular formula is C12H11F3N4O2. The number of anilines is 2. The Bertz CT molecular complexity index is 667. The molecule has 9 heteroatoms. The zero-order valence-electron chi connectivity index (χ0n) is 10.8. The SMILES string of the molecule is Cc1coc(NC(=O)c2cc(C(F)(F)F)ccc2NN)n1. The van der Waals surface area contributed by atoms with Gasteiger partial charge in [-0.15, -0.1) is 0 Å². The number of alkyl halides is 3. The number of aromatic nitrogens is 1. The Kier molecular flexibility index (Phi) is 3.85. The number of carbonyl (C=O) groups excluding carboxylic acids is 1. The molecule has 0 unspecified atom stereocenters. The number of carbonyl (C=O) groups is 1. The maximum Gasteiger partial charge on any atom is 0.416 e. The standard InChI is InChI=1S/C12H11F3N4O2/c1-6-5-21-11(17-6)18-10(20)8-4-7(12(13,14)15)2-3-9(8)19-16/h2-5,19H,16H2,1H3,(H,17,18,20). The van der Waals surface area contributed by atoms with Gasteiger partial charge in [-0.05, 0) is 25.1 Å². The second kappa shape index (κ2) is 5.44. The first-order chi connectivity index (χ1) is 9.81. The van der Waals surface area contributed by atoms with Gasteiger partial charge < -0.3 is 9.84 Å². The van der Waals surface area contributed by atoms with Crippen molar-refractivity contribution in [3.63, 3.8) is 0 Å². The topological polar surface area (TPSA) is 93.2 Å². The minimum absolute atomic E-state index is 0.0452. The summed E-state index contributed by atoms with van der Waals surface area (Å²) in [7, 11) is 0. The third kappa shape index (κ3) is 3.31. The van der Waals surface area contributed by atoms with Crippen molar-refractivity contribution in [1.82, 2.24) is 4.98 Å².